The lowest BCUT2D eigenvalue weighted by atomic mass is 10.1. The number of fused-ring (bicyclic) bond motifs is 1. The number of carbonyl (C=O) groups is 1. The summed E-state index contributed by atoms with van der Waals surface area (Å²) in [6.07, 6.45) is 4.73. The highest BCUT2D eigenvalue weighted by Gasteiger charge is 2.18. The van der Waals surface area contributed by atoms with E-state index in [1.165, 1.54) is 22.0 Å². The summed E-state index contributed by atoms with van der Waals surface area (Å²) in [6, 6.07) is 29.8. The fourth-order valence-electron chi connectivity index (χ4n) is 5.04. The van der Waals surface area contributed by atoms with Gasteiger partial charge in [-0.3, -0.25) is 9.59 Å². The molecule has 42 heavy (non-hydrogen) atoms. The lowest BCUT2D eigenvalue weighted by molar-refractivity contribution is 0.0951. The van der Waals surface area contributed by atoms with Crippen LogP contribution in [-0.4, -0.2) is 22.8 Å². The molecule has 6 rings (SSSR count). The molecule has 8 heteroatoms. The quantitative estimate of drug-likeness (QED) is 0.224. The predicted molar refractivity (Wildman–Crippen MR) is 162 cm³/mol. The van der Waals surface area contributed by atoms with Crippen LogP contribution in [0.1, 0.15) is 33.5 Å². The Kier molecular flexibility index (Phi) is 7.68. The second kappa shape index (κ2) is 12.0. The molecule has 0 saturated carbocycles. The predicted octanol–water partition coefficient (Wildman–Crippen LogP) is 6.20. The number of aryl methyl sites for hydroxylation is 2. The Labute approximate surface area is 243 Å². The number of hydrogen-bond donors (Lipinski definition) is 2. The molecule has 210 valence electrons. The largest absolute Gasteiger partial charge is 0.497 e. The Balaban J connectivity index is 1.32. The highest BCUT2D eigenvalue weighted by atomic mass is 16.5. The summed E-state index contributed by atoms with van der Waals surface area (Å²) in [4.78, 5) is 26.8. The van der Waals surface area contributed by atoms with Crippen molar-refractivity contribution >= 4 is 17.3 Å². The third-order valence-electron chi connectivity index (χ3n) is 7.25. The van der Waals surface area contributed by atoms with Crippen molar-refractivity contribution in [1.29, 1.82) is 0 Å². The van der Waals surface area contributed by atoms with Crippen LogP contribution in [-0.2, 0) is 19.4 Å². The molecule has 0 unspecified atom stereocenters. The van der Waals surface area contributed by atoms with Gasteiger partial charge in [-0.25, -0.2) is 0 Å². The minimum absolute atomic E-state index is 0.197. The number of aromatic nitrogens is 2. The molecule has 0 spiro atoms. The van der Waals surface area contributed by atoms with Crippen molar-refractivity contribution in [3.8, 4) is 22.9 Å². The van der Waals surface area contributed by atoms with Crippen LogP contribution in [0, 0.1) is 0 Å². The summed E-state index contributed by atoms with van der Waals surface area (Å²) in [5.74, 6) is 1.37. The molecule has 1 amide bonds. The van der Waals surface area contributed by atoms with Gasteiger partial charge in [-0.2, -0.15) is 9.78 Å². The maximum absolute atomic E-state index is 13.9. The topological polar surface area (TPSA) is 94.5 Å². The van der Waals surface area contributed by atoms with Crippen LogP contribution < -0.4 is 25.7 Å². The van der Waals surface area contributed by atoms with Crippen molar-refractivity contribution in [2.45, 2.75) is 25.8 Å². The molecule has 5 aromatic rings. The number of amides is 1. The van der Waals surface area contributed by atoms with Crippen molar-refractivity contribution in [1.82, 2.24) is 15.1 Å². The number of nitrogens with zero attached hydrogens (tertiary/aromatic N) is 2. The lowest BCUT2D eigenvalue weighted by Gasteiger charge is -2.16. The molecule has 8 nitrogen and oxygen atoms in total. The number of hydrogen-bond acceptors (Lipinski definition) is 6. The summed E-state index contributed by atoms with van der Waals surface area (Å²) in [7, 11) is 1.59. The summed E-state index contributed by atoms with van der Waals surface area (Å²) in [5.41, 5.74) is 4.98. The maximum atomic E-state index is 13.9. The SMILES string of the molecule is COc1ccc(-n2ncc(Oc3ccc4c(c3)CCC4)c(Nc3cccc(C(=O)NCc4ccccc4)c3)c2=O)cc1. The Morgan fingerprint density at radius 2 is 1.67 bits per heavy atom. The first-order valence-electron chi connectivity index (χ1n) is 13.8. The molecular formula is C34H30N4O4. The average Bonchev–Trinajstić information content (AvgIpc) is 3.50. The van der Waals surface area contributed by atoms with Gasteiger partial charge in [-0.15, -0.1) is 0 Å². The van der Waals surface area contributed by atoms with Gasteiger partial charge in [0.15, 0.2) is 11.4 Å². The van der Waals surface area contributed by atoms with Crippen LogP contribution in [0.25, 0.3) is 5.69 Å². The van der Waals surface area contributed by atoms with Crippen LogP contribution in [0.15, 0.2) is 108 Å². The van der Waals surface area contributed by atoms with E-state index in [-0.39, 0.29) is 17.3 Å². The van der Waals surface area contributed by atoms with Crippen molar-refractivity contribution in [2.75, 3.05) is 12.4 Å². The van der Waals surface area contributed by atoms with Gasteiger partial charge in [0.05, 0.1) is 19.0 Å². The number of carbonyl (C=O) groups excluding carboxylic acids is 1. The van der Waals surface area contributed by atoms with Gasteiger partial charge in [0, 0.05) is 17.8 Å². The minimum atomic E-state index is -0.405. The van der Waals surface area contributed by atoms with Gasteiger partial charge in [-0.1, -0.05) is 42.5 Å². The molecule has 4 aromatic carbocycles. The summed E-state index contributed by atoms with van der Waals surface area (Å²) < 4.78 is 12.8. The van der Waals surface area contributed by atoms with Crippen LogP contribution in [0.3, 0.4) is 0 Å². The van der Waals surface area contributed by atoms with E-state index in [2.05, 4.69) is 21.8 Å². The molecule has 0 fully saturated rings. The molecule has 2 N–H and O–H groups in total. The molecule has 0 bridgehead atoms. The first-order chi connectivity index (χ1) is 20.6. The second-order valence-electron chi connectivity index (χ2n) is 10.1. The van der Waals surface area contributed by atoms with Crippen LogP contribution in [0.5, 0.6) is 17.2 Å². The zero-order chi connectivity index (χ0) is 28.9. The van der Waals surface area contributed by atoms with E-state index in [0.29, 0.717) is 35.0 Å². The fourth-order valence-corrected chi connectivity index (χ4v) is 5.04. The second-order valence-corrected chi connectivity index (χ2v) is 10.1. The molecule has 0 atom stereocenters. The van der Waals surface area contributed by atoms with Gasteiger partial charge in [0.2, 0.25) is 0 Å². The first-order valence-corrected chi connectivity index (χ1v) is 13.8. The Hall–Kier alpha value is -5.37. The normalized spacial score (nSPS) is 11.9. The third-order valence-corrected chi connectivity index (χ3v) is 7.25. The minimum Gasteiger partial charge on any atom is -0.497 e. The zero-order valence-electron chi connectivity index (χ0n) is 23.2. The van der Waals surface area contributed by atoms with E-state index in [4.69, 9.17) is 9.47 Å². The number of nitrogens with one attached hydrogen (secondary N) is 2. The summed E-state index contributed by atoms with van der Waals surface area (Å²) in [5, 5.41) is 10.6. The van der Waals surface area contributed by atoms with Gasteiger partial charge in [0.25, 0.3) is 11.5 Å². The van der Waals surface area contributed by atoms with E-state index in [0.717, 1.165) is 24.8 Å². The van der Waals surface area contributed by atoms with Crippen molar-refractivity contribution in [2.24, 2.45) is 0 Å². The standard InChI is InChI=1S/C34H30N4O4/c1-41-29-17-14-28(15-18-29)38-34(40)32(31(22-36-38)42-30-16-13-24-9-5-10-25(24)20-30)37-27-12-6-11-26(19-27)33(39)35-21-23-7-3-2-4-8-23/h2-4,6-8,11-20,22,37H,5,9-10,21H2,1H3,(H,35,39). The van der Waals surface area contributed by atoms with E-state index >= 15 is 0 Å². The van der Waals surface area contributed by atoms with E-state index in [9.17, 15) is 9.59 Å². The number of ether oxygens (including phenoxy) is 2. The maximum Gasteiger partial charge on any atom is 0.299 e. The molecule has 1 aliphatic carbocycles. The highest BCUT2D eigenvalue weighted by Crippen LogP contribution is 2.32. The van der Waals surface area contributed by atoms with Gasteiger partial charge < -0.3 is 20.1 Å². The summed E-state index contributed by atoms with van der Waals surface area (Å²) in [6.45, 7) is 0.410. The van der Waals surface area contributed by atoms with Crippen LogP contribution in [0.2, 0.25) is 0 Å². The molecule has 0 radical (unpaired) electrons. The number of anilines is 2. The van der Waals surface area contributed by atoms with Crippen molar-refractivity contribution < 1.29 is 14.3 Å². The van der Waals surface area contributed by atoms with Crippen LogP contribution in [0.4, 0.5) is 11.4 Å². The Bertz CT molecular complexity index is 1780. The fraction of sp³-hybridized carbons (Fsp3) is 0.147. The third kappa shape index (κ3) is 5.88. The molecule has 0 aliphatic heterocycles. The average molecular weight is 559 g/mol. The number of benzene rings is 4. The Morgan fingerprint density at radius 1 is 0.881 bits per heavy atom. The van der Waals surface area contributed by atoms with E-state index in [1.54, 1.807) is 55.6 Å². The molecule has 1 aliphatic rings. The number of methoxy groups -OCH3 is 1. The van der Waals surface area contributed by atoms with Crippen molar-refractivity contribution in [3.05, 3.63) is 136 Å². The van der Waals surface area contributed by atoms with Gasteiger partial charge in [-0.05, 0) is 90.6 Å². The smallest absolute Gasteiger partial charge is 0.299 e. The highest BCUT2D eigenvalue weighted by molar-refractivity contribution is 5.95. The van der Waals surface area contributed by atoms with Gasteiger partial charge >= 0.3 is 0 Å². The Morgan fingerprint density at radius 3 is 2.48 bits per heavy atom. The zero-order valence-corrected chi connectivity index (χ0v) is 23.2. The van der Waals surface area contributed by atoms with Crippen molar-refractivity contribution in [3.63, 3.8) is 0 Å². The monoisotopic (exact) mass is 558 g/mol. The van der Waals surface area contributed by atoms with Crippen LogP contribution >= 0.6 is 0 Å². The molecule has 1 aromatic heterocycles. The molecule has 0 saturated heterocycles. The molecule has 1 heterocycles. The summed E-state index contributed by atoms with van der Waals surface area (Å²) >= 11 is 0. The first kappa shape index (κ1) is 26.8. The lowest BCUT2D eigenvalue weighted by Crippen LogP contribution is -2.24. The van der Waals surface area contributed by atoms with E-state index < -0.39 is 5.56 Å². The van der Waals surface area contributed by atoms with E-state index in [1.807, 2.05) is 42.5 Å². The number of rotatable bonds is 9. The molecular weight excluding hydrogens is 528 g/mol. The van der Waals surface area contributed by atoms with Gasteiger partial charge in [0.1, 0.15) is 11.5 Å².